The molecule has 3 aromatic rings. The zero-order valence-corrected chi connectivity index (χ0v) is 13.0. The Kier molecular flexibility index (Phi) is 3.23. The van der Waals surface area contributed by atoms with Gasteiger partial charge in [-0.2, -0.15) is 0 Å². The molecule has 0 spiro atoms. The van der Waals surface area contributed by atoms with Gasteiger partial charge in [0.25, 0.3) is 0 Å². The number of hydrogen-bond donors (Lipinski definition) is 1. The molecule has 5 heteroatoms. The molecule has 1 aliphatic rings. The van der Waals surface area contributed by atoms with E-state index in [0.717, 1.165) is 32.5 Å². The van der Waals surface area contributed by atoms with E-state index in [1.54, 1.807) is 12.1 Å². The van der Waals surface area contributed by atoms with E-state index >= 15 is 0 Å². The van der Waals surface area contributed by atoms with Crippen LogP contribution < -0.4 is 5.73 Å². The molecule has 0 aliphatic heterocycles. The molecule has 1 aromatic heterocycles. The minimum Gasteiger partial charge on any atom is -0.375 e. The number of carbonyl (C=O) groups excluding carboxylic acids is 1. The molecule has 0 unspecified atom stereocenters. The van der Waals surface area contributed by atoms with Gasteiger partial charge in [0.1, 0.15) is 5.82 Å². The molecule has 0 fully saturated rings. The monoisotopic (exact) mass is 324 g/mol. The number of thiazole rings is 1. The molecule has 0 radical (unpaired) electrons. The van der Waals surface area contributed by atoms with E-state index in [1.807, 2.05) is 18.2 Å². The first kappa shape index (κ1) is 14.1. The van der Waals surface area contributed by atoms with Gasteiger partial charge in [-0.3, -0.25) is 4.79 Å². The summed E-state index contributed by atoms with van der Waals surface area (Å²) in [7, 11) is 0. The van der Waals surface area contributed by atoms with Gasteiger partial charge in [0.05, 0.1) is 10.2 Å². The molecule has 1 aliphatic carbocycles. The van der Waals surface area contributed by atoms with Crippen molar-refractivity contribution in [3.8, 4) is 0 Å². The number of fused-ring (bicyclic) bond motifs is 3. The van der Waals surface area contributed by atoms with Gasteiger partial charge in [-0.05, 0) is 35.7 Å². The molecule has 0 saturated heterocycles. The Morgan fingerprint density at radius 1 is 1.17 bits per heavy atom. The summed E-state index contributed by atoms with van der Waals surface area (Å²) in [4.78, 5) is 17.2. The molecule has 0 bridgehead atoms. The van der Waals surface area contributed by atoms with Crippen LogP contribution in [0.1, 0.15) is 21.5 Å². The Morgan fingerprint density at radius 2 is 1.96 bits per heavy atom. The summed E-state index contributed by atoms with van der Waals surface area (Å²) in [6.45, 7) is 0. The lowest BCUT2D eigenvalue weighted by Crippen LogP contribution is -2.14. The Balaban J connectivity index is 1.73. The number of nitrogens with zero attached hydrogens (tertiary/aromatic N) is 1. The fourth-order valence-corrected chi connectivity index (χ4v) is 3.83. The van der Waals surface area contributed by atoms with Crippen LogP contribution in [0.15, 0.2) is 48.0 Å². The van der Waals surface area contributed by atoms with Gasteiger partial charge in [-0.15, -0.1) is 0 Å². The summed E-state index contributed by atoms with van der Waals surface area (Å²) in [6.07, 6.45) is 3.18. The van der Waals surface area contributed by atoms with Crippen molar-refractivity contribution >= 4 is 32.5 Å². The summed E-state index contributed by atoms with van der Waals surface area (Å²) in [5, 5.41) is 0.468. The van der Waals surface area contributed by atoms with Crippen molar-refractivity contribution in [2.75, 3.05) is 5.73 Å². The molecule has 0 saturated carbocycles. The largest absolute Gasteiger partial charge is 0.375 e. The number of nitrogens with two attached hydrogens (primary N) is 1. The Bertz CT molecular complexity index is 957. The van der Waals surface area contributed by atoms with Crippen molar-refractivity contribution in [2.45, 2.75) is 12.8 Å². The van der Waals surface area contributed by atoms with E-state index in [0.29, 0.717) is 18.0 Å². The minimum absolute atomic E-state index is 0.0184. The summed E-state index contributed by atoms with van der Waals surface area (Å²) in [5.74, 6) is -0.255. The zero-order chi connectivity index (χ0) is 16.0. The highest BCUT2D eigenvalue weighted by Crippen LogP contribution is 2.34. The number of allylic oxidation sites excluding steroid dienone is 2. The van der Waals surface area contributed by atoms with E-state index in [-0.39, 0.29) is 11.6 Å². The van der Waals surface area contributed by atoms with Crippen LogP contribution >= 0.6 is 11.3 Å². The molecule has 114 valence electrons. The van der Waals surface area contributed by atoms with Crippen molar-refractivity contribution in [3.63, 3.8) is 0 Å². The lowest BCUT2D eigenvalue weighted by Gasteiger charge is -2.16. The van der Waals surface area contributed by atoms with Crippen LogP contribution in [0.25, 0.3) is 10.2 Å². The quantitative estimate of drug-likeness (QED) is 0.777. The number of halogens is 1. The zero-order valence-electron chi connectivity index (χ0n) is 12.2. The third kappa shape index (κ3) is 2.43. The number of aromatic nitrogens is 1. The molecule has 0 atom stereocenters. The van der Waals surface area contributed by atoms with Crippen molar-refractivity contribution in [2.24, 2.45) is 0 Å². The predicted octanol–water partition coefficient (Wildman–Crippen LogP) is 3.93. The first-order chi connectivity index (χ1) is 11.1. The number of rotatable bonds is 2. The smallest absolute Gasteiger partial charge is 0.190 e. The molecule has 23 heavy (non-hydrogen) atoms. The van der Waals surface area contributed by atoms with Crippen molar-refractivity contribution in [1.82, 2.24) is 4.98 Å². The van der Waals surface area contributed by atoms with E-state index in [9.17, 15) is 9.18 Å². The summed E-state index contributed by atoms with van der Waals surface area (Å²) >= 11 is 1.35. The van der Waals surface area contributed by atoms with Crippen LogP contribution in [-0.4, -0.2) is 10.8 Å². The van der Waals surface area contributed by atoms with Crippen molar-refractivity contribution in [1.29, 1.82) is 0 Å². The van der Waals surface area contributed by atoms with Gasteiger partial charge < -0.3 is 5.73 Å². The molecule has 3 nitrogen and oxygen atoms in total. The number of benzene rings is 2. The topological polar surface area (TPSA) is 56.0 Å². The second-order valence-corrected chi connectivity index (χ2v) is 6.60. The SMILES string of the molecule is Nc1nc2ccc3c(c2s1)C(=O)C(Cc1ccc(F)cc1)=CC3. The molecule has 4 rings (SSSR count). The van der Waals surface area contributed by atoms with Crippen LogP contribution in [0.5, 0.6) is 0 Å². The number of anilines is 1. The molecule has 2 aromatic carbocycles. The highest BCUT2D eigenvalue weighted by Gasteiger charge is 2.24. The lowest BCUT2D eigenvalue weighted by molar-refractivity contribution is 0.103. The maximum absolute atomic E-state index is 13.0. The van der Waals surface area contributed by atoms with Gasteiger partial charge in [0.2, 0.25) is 0 Å². The molecule has 2 N–H and O–H groups in total. The lowest BCUT2D eigenvalue weighted by atomic mass is 9.87. The van der Waals surface area contributed by atoms with Gasteiger partial charge in [0, 0.05) is 17.6 Å². The number of ketones is 1. The van der Waals surface area contributed by atoms with Crippen molar-refractivity contribution < 1.29 is 9.18 Å². The average molecular weight is 324 g/mol. The summed E-state index contributed by atoms with van der Waals surface area (Å²) in [6, 6.07) is 10.1. The number of Topliss-reactive ketones (excluding diaryl/α,β-unsaturated/α-hetero) is 1. The summed E-state index contributed by atoms with van der Waals surface area (Å²) in [5.41, 5.74) is 9.94. The number of hydrogen-bond acceptors (Lipinski definition) is 4. The van der Waals surface area contributed by atoms with Crippen LogP contribution in [-0.2, 0) is 12.8 Å². The number of carbonyl (C=O) groups is 1. The summed E-state index contributed by atoms with van der Waals surface area (Å²) < 4.78 is 13.9. The fraction of sp³-hybridized carbons (Fsp3) is 0.111. The average Bonchev–Trinajstić information content (AvgIpc) is 2.92. The molecule has 0 amide bonds. The second kappa shape index (κ2) is 5.28. The molecule has 1 heterocycles. The normalized spacial score (nSPS) is 14.0. The third-order valence-electron chi connectivity index (χ3n) is 4.06. The van der Waals surface area contributed by atoms with Gasteiger partial charge in [-0.1, -0.05) is 35.6 Å². The highest BCUT2D eigenvalue weighted by atomic mass is 32.1. The van der Waals surface area contributed by atoms with Crippen LogP contribution in [0.3, 0.4) is 0 Å². The Hall–Kier alpha value is -2.53. The van der Waals surface area contributed by atoms with Crippen molar-refractivity contribution in [3.05, 3.63) is 70.6 Å². The van der Waals surface area contributed by atoms with Crippen LogP contribution in [0.2, 0.25) is 0 Å². The Labute approximate surface area is 136 Å². The van der Waals surface area contributed by atoms with E-state index < -0.39 is 0 Å². The maximum Gasteiger partial charge on any atom is 0.190 e. The van der Waals surface area contributed by atoms with Gasteiger partial charge >= 0.3 is 0 Å². The first-order valence-corrected chi connectivity index (χ1v) is 8.09. The first-order valence-electron chi connectivity index (χ1n) is 7.28. The van der Waals surface area contributed by atoms with E-state index in [4.69, 9.17) is 5.73 Å². The predicted molar refractivity (Wildman–Crippen MR) is 90.3 cm³/mol. The van der Waals surface area contributed by atoms with Crippen LogP contribution in [0.4, 0.5) is 9.52 Å². The molecular formula is C18H13FN2OS. The van der Waals surface area contributed by atoms with E-state index in [2.05, 4.69) is 4.98 Å². The van der Waals surface area contributed by atoms with Gasteiger partial charge in [0.15, 0.2) is 10.9 Å². The standard InChI is InChI=1S/C18H13FN2OS/c19-13-6-1-10(2-7-13)9-12-4-3-11-5-8-14-17(15(11)16(12)22)23-18(20)21-14/h1-2,4-8H,3,9H2,(H2,20,21). The maximum atomic E-state index is 13.0. The minimum atomic E-state index is -0.273. The third-order valence-corrected chi connectivity index (χ3v) is 4.97. The Morgan fingerprint density at radius 3 is 2.74 bits per heavy atom. The van der Waals surface area contributed by atoms with Gasteiger partial charge in [-0.25, -0.2) is 9.37 Å². The van der Waals surface area contributed by atoms with E-state index in [1.165, 1.54) is 23.5 Å². The van der Waals surface area contributed by atoms with Crippen LogP contribution in [0, 0.1) is 5.82 Å². The second-order valence-electron chi connectivity index (χ2n) is 5.57. The highest BCUT2D eigenvalue weighted by molar-refractivity contribution is 7.22. The number of nitrogen functional groups attached to an aromatic ring is 1. The fourth-order valence-electron chi connectivity index (χ4n) is 2.93. The molecular weight excluding hydrogens is 311 g/mol.